The summed E-state index contributed by atoms with van der Waals surface area (Å²) in [7, 11) is 0. The molecule has 1 aliphatic heterocycles. The van der Waals surface area contributed by atoms with E-state index in [0.717, 1.165) is 31.5 Å². The van der Waals surface area contributed by atoms with Crippen molar-refractivity contribution in [2.24, 2.45) is 5.92 Å². The van der Waals surface area contributed by atoms with Gasteiger partial charge in [-0.2, -0.15) is 0 Å². The monoisotopic (exact) mass is 358 g/mol. The Hall–Kier alpha value is -2.27. The predicted octanol–water partition coefficient (Wildman–Crippen LogP) is 4.05. The molecule has 1 saturated heterocycles. The standard InChI is InChI=1S/C21H24F2N2O/c1-15(16-6-8-19(22)9-7-16)24-21(26)17-10-12-25(13-11-17)14-18-4-2-3-5-20(18)23/h2-9,15,17H,10-14H2,1H3,(H,24,26)/t15-/m1/s1. The summed E-state index contributed by atoms with van der Waals surface area (Å²) in [6.07, 6.45) is 1.52. The number of piperidine rings is 1. The number of carbonyl (C=O) groups is 1. The third-order valence-electron chi connectivity index (χ3n) is 5.04. The van der Waals surface area contributed by atoms with Gasteiger partial charge in [0.1, 0.15) is 11.6 Å². The number of likely N-dealkylation sites (tertiary alicyclic amines) is 1. The van der Waals surface area contributed by atoms with Crippen LogP contribution >= 0.6 is 0 Å². The van der Waals surface area contributed by atoms with Crippen LogP contribution in [-0.4, -0.2) is 23.9 Å². The molecular weight excluding hydrogens is 334 g/mol. The van der Waals surface area contributed by atoms with Crippen LogP contribution in [0.15, 0.2) is 48.5 Å². The van der Waals surface area contributed by atoms with E-state index in [1.807, 2.05) is 13.0 Å². The van der Waals surface area contributed by atoms with Gasteiger partial charge in [-0.15, -0.1) is 0 Å². The van der Waals surface area contributed by atoms with Crippen molar-refractivity contribution in [1.82, 2.24) is 10.2 Å². The van der Waals surface area contributed by atoms with Crippen LogP contribution in [0.3, 0.4) is 0 Å². The van der Waals surface area contributed by atoms with Crippen LogP contribution in [0.25, 0.3) is 0 Å². The molecule has 0 aliphatic carbocycles. The molecule has 2 aromatic rings. The van der Waals surface area contributed by atoms with Crippen LogP contribution in [-0.2, 0) is 11.3 Å². The topological polar surface area (TPSA) is 32.3 Å². The molecule has 2 aromatic carbocycles. The number of nitrogens with zero attached hydrogens (tertiary/aromatic N) is 1. The molecule has 1 fully saturated rings. The highest BCUT2D eigenvalue weighted by molar-refractivity contribution is 5.79. The molecule has 3 rings (SSSR count). The molecule has 0 unspecified atom stereocenters. The lowest BCUT2D eigenvalue weighted by molar-refractivity contribution is -0.127. The van der Waals surface area contributed by atoms with E-state index in [9.17, 15) is 13.6 Å². The van der Waals surface area contributed by atoms with Crippen LogP contribution in [0.4, 0.5) is 8.78 Å². The summed E-state index contributed by atoms with van der Waals surface area (Å²) < 4.78 is 26.8. The van der Waals surface area contributed by atoms with Gasteiger partial charge in [-0.05, 0) is 56.6 Å². The smallest absolute Gasteiger partial charge is 0.223 e. The van der Waals surface area contributed by atoms with Crippen molar-refractivity contribution >= 4 is 5.91 Å². The van der Waals surface area contributed by atoms with E-state index in [4.69, 9.17) is 0 Å². The molecule has 1 aliphatic rings. The fraction of sp³-hybridized carbons (Fsp3) is 0.381. The summed E-state index contributed by atoms with van der Waals surface area (Å²) in [5.41, 5.74) is 1.58. The lowest BCUT2D eigenvalue weighted by atomic mass is 9.95. The van der Waals surface area contributed by atoms with Gasteiger partial charge in [-0.3, -0.25) is 9.69 Å². The second-order valence-electron chi connectivity index (χ2n) is 6.92. The fourth-order valence-electron chi connectivity index (χ4n) is 3.39. The third-order valence-corrected chi connectivity index (χ3v) is 5.04. The molecule has 0 radical (unpaired) electrons. The van der Waals surface area contributed by atoms with Crippen LogP contribution in [0.1, 0.15) is 36.9 Å². The second-order valence-corrected chi connectivity index (χ2v) is 6.92. The minimum atomic E-state index is -0.283. The largest absolute Gasteiger partial charge is 0.349 e. The number of nitrogens with one attached hydrogen (secondary N) is 1. The van der Waals surface area contributed by atoms with E-state index >= 15 is 0 Å². The maximum absolute atomic E-state index is 13.8. The maximum atomic E-state index is 13.8. The average molecular weight is 358 g/mol. The van der Waals surface area contributed by atoms with Gasteiger partial charge >= 0.3 is 0 Å². The Morgan fingerprint density at radius 1 is 1.12 bits per heavy atom. The number of carbonyl (C=O) groups excluding carboxylic acids is 1. The van der Waals surface area contributed by atoms with Gasteiger partial charge in [0.15, 0.2) is 0 Å². The van der Waals surface area contributed by atoms with Crippen molar-refractivity contribution < 1.29 is 13.6 Å². The Morgan fingerprint density at radius 2 is 1.77 bits per heavy atom. The quantitative estimate of drug-likeness (QED) is 0.874. The molecule has 0 spiro atoms. The number of hydrogen-bond acceptors (Lipinski definition) is 2. The molecule has 3 nitrogen and oxygen atoms in total. The van der Waals surface area contributed by atoms with Gasteiger partial charge in [0, 0.05) is 18.0 Å². The van der Waals surface area contributed by atoms with Gasteiger partial charge < -0.3 is 5.32 Å². The molecule has 26 heavy (non-hydrogen) atoms. The summed E-state index contributed by atoms with van der Waals surface area (Å²) in [5.74, 6) is -0.461. The highest BCUT2D eigenvalue weighted by atomic mass is 19.1. The molecule has 0 aromatic heterocycles. The first-order valence-electron chi connectivity index (χ1n) is 9.04. The molecule has 0 saturated carbocycles. The number of amides is 1. The molecule has 1 atom stereocenters. The molecular formula is C21H24F2N2O. The van der Waals surface area contributed by atoms with Gasteiger partial charge in [0.05, 0.1) is 6.04 Å². The summed E-state index contributed by atoms with van der Waals surface area (Å²) in [5, 5.41) is 3.02. The van der Waals surface area contributed by atoms with Crippen molar-refractivity contribution in [3.63, 3.8) is 0 Å². The molecule has 1 N–H and O–H groups in total. The first-order valence-corrected chi connectivity index (χ1v) is 9.04. The zero-order chi connectivity index (χ0) is 18.5. The third kappa shape index (κ3) is 4.67. The summed E-state index contributed by atoms with van der Waals surface area (Å²) in [6.45, 7) is 4.03. The van der Waals surface area contributed by atoms with Gasteiger partial charge in [0.25, 0.3) is 0 Å². The van der Waals surface area contributed by atoms with Gasteiger partial charge in [-0.1, -0.05) is 30.3 Å². The van der Waals surface area contributed by atoms with Gasteiger partial charge in [0.2, 0.25) is 5.91 Å². The van der Waals surface area contributed by atoms with Crippen LogP contribution < -0.4 is 5.32 Å². The zero-order valence-electron chi connectivity index (χ0n) is 14.9. The zero-order valence-corrected chi connectivity index (χ0v) is 14.9. The Morgan fingerprint density at radius 3 is 2.42 bits per heavy atom. The van der Waals surface area contributed by atoms with Crippen molar-refractivity contribution in [2.45, 2.75) is 32.4 Å². The summed E-state index contributed by atoms with van der Waals surface area (Å²) in [4.78, 5) is 14.7. The second kappa shape index (κ2) is 8.41. The molecule has 1 heterocycles. The van der Waals surface area contributed by atoms with E-state index in [1.165, 1.54) is 18.2 Å². The van der Waals surface area contributed by atoms with Crippen molar-refractivity contribution in [1.29, 1.82) is 0 Å². The summed E-state index contributed by atoms with van der Waals surface area (Å²) in [6, 6.07) is 12.9. The lowest BCUT2D eigenvalue weighted by Gasteiger charge is -2.32. The minimum absolute atomic E-state index is 0.0326. The average Bonchev–Trinajstić information content (AvgIpc) is 2.64. The molecule has 5 heteroatoms. The van der Waals surface area contributed by atoms with E-state index < -0.39 is 0 Å². The van der Waals surface area contributed by atoms with Crippen LogP contribution in [0.5, 0.6) is 0 Å². The Kier molecular flexibility index (Phi) is 5.99. The first-order chi connectivity index (χ1) is 12.5. The van der Waals surface area contributed by atoms with Gasteiger partial charge in [-0.25, -0.2) is 8.78 Å². The lowest BCUT2D eigenvalue weighted by Crippen LogP contribution is -2.41. The van der Waals surface area contributed by atoms with Crippen molar-refractivity contribution in [3.05, 3.63) is 71.3 Å². The van der Waals surface area contributed by atoms with E-state index in [-0.39, 0.29) is 29.5 Å². The molecule has 1 amide bonds. The van der Waals surface area contributed by atoms with Crippen molar-refractivity contribution in [3.8, 4) is 0 Å². The van der Waals surface area contributed by atoms with Crippen molar-refractivity contribution in [2.75, 3.05) is 13.1 Å². The molecule has 138 valence electrons. The SMILES string of the molecule is C[C@@H](NC(=O)C1CCN(Cc2ccccc2F)CC1)c1ccc(F)cc1. The Labute approximate surface area is 153 Å². The van der Waals surface area contributed by atoms with Crippen LogP contribution in [0, 0.1) is 17.6 Å². The number of benzene rings is 2. The van der Waals surface area contributed by atoms with E-state index in [0.29, 0.717) is 12.1 Å². The fourth-order valence-corrected chi connectivity index (χ4v) is 3.39. The first kappa shape index (κ1) is 18.5. The van der Waals surface area contributed by atoms with E-state index in [2.05, 4.69) is 10.2 Å². The predicted molar refractivity (Wildman–Crippen MR) is 97.4 cm³/mol. The highest BCUT2D eigenvalue weighted by Crippen LogP contribution is 2.22. The Bertz CT molecular complexity index is 740. The maximum Gasteiger partial charge on any atom is 0.223 e. The number of rotatable bonds is 5. The van der Waals surface area contributed by atoms with Crippen LogP contribution in [0.2, 0.25) is 0 Å². The number of hydrogen-bond donors (Lipinski definition) is 1. The number of halogens is 2. The normalized spacial score (nSPS) is 17.0. The highest BCUT2D eigenvalue weighted by Gasteiger charge is 2.26. The Balaban J connectivity index is 1.49. The van der Waals surface area contributed by atoms with E-state index in [1.54, 1.807) is 24.3 Å². The minimum Gasteiger partial charge on any atom is -0.349 e. The molecule has 0 bridgehead atoms. The summed E-state index contributed by atoms with van der Waals surface area (Å²) >= 11 is 0.